The van der Waals surface area contributed by atoms with Crippen molar-refractivity contribution in [2.75, 3.05) is 12.4 Å². The molecule has 0 saturated carbocycles. The molecule has 3 aliphatic heterocycles. The summed E-state index contributed by atoms with van der Waals surface area (Å²) in [5.41, 5.74) is -1.15. The summed E-state index contributed by atoms with van der Waals surface area (Å²) in [6.45, 7) is 12.3. The van der Waals surface area contributed by atoms with Gasteiger partial charge in [-0.2, -0.15) is 0 Å². The lowest BCUT2D eigenvalue weighted by atomic mass is 9.78. The van der Waals surface area contributed by atoms with Gasteiger partial charge in [-0.15, -0.1) is 0 Å². The summed E-state index contributed by atoms with van der Waals surface area (Å²) >= 11 is 0. The Balaban J connectivity index is 1.63. The first-order valence-electron chi connectivity index (χ1n) is 20.2. The summed E-state index contributed by atoms with van der Waals surface area (Å²) in [4.78, 5) is 45.4. The van der Waals surface area contributed by atoms with Crippen LogP contribution in [0.15, 0.2) is 60.4 Å². The average Bonchev–Trinajstić information content (AvgIpc) is 3.73. The number of ether oxygens (including phenoxy) is 4. The predicted molar refractivity (Wildman–Crippen MR) is 208 cm³/mol. The molecule has 0 fully saturated rings. The Kier molecular flexibility index (Phi) is 9.53. The first-order valence-corrected chi connectivity index (χ1v) is 18.2. The van der Waals surface area contributed by atoms with Crippen molar-refractivity contribution in [1.82, 2.24) is 9.38 Å². The van der Waals surface area contributed by atoms with E-state index in [9.17, 15) is 34.8 Å². The van der Waals surface area contributed by atoms with Crippen LogP contribution in [0.25, 0.3) is 27.5 Å². The topological polar surface area (TPSA) is 198 Å². The zero-order valence-corrected chi connectivity index (χ0v) is 32.5. The van der Waals surface area contributed by atoms with Crippen molar-refractivity contribution < 1.29 is 59.2 Å². The molecule has 2 aromatic carbocycles. The first kappa shape index (κ1) is 35.0. The third-order valence-corrected chi connectivity index (χ3v) is 11.0. The minimum absolute atomic E-state index is 0.0134. The third-order valence-electron chi connectivity index (χ3n) is 11.0. The van der Waals surface area contributed by atoms with Crippen LogP contribution in [0.5, 0.6) is 17.2 Å². The molecule has 14 heteroatoms. The number of esters is 1. The SMILES string of the molecule is [2H]c1c([2H])c([2H])n2c(nc3c4c5c6c(C)c(O)c4c(O)c(c32)NC(=O)/C(C)=C\C=C\[C@H](C)[C@H](O)[C@@H](C)[C@@H](O)[C@@H](C)[C@H](OC(C)=O)[C@H](C)[C@@H](OC)/C=C/OC(C)(O6)C5=O)c1[2H]. The number of imidazole rings is 1. The van der Waals surface area contributed by atoms with Crippen LogP contribution in [-0.2, 0) is 23.8 Å². The number of carbonyl (C=O) groups excluding carboxylic acids is 3. The Hall–Kier alpha value is -5.44. The van der Waals surface area contributed by atoms with Crippen LogP contribution in [0.3, 0.4) is 0 Å². The van der Waals surface area contributed by atoms with Gasteiger partial charge in [-0.25, -0.2) is 4.98 Å². The molecular formula is C42H49N3O11. The lowest BCUT2D eigenvalue weighted by Crippen LogP contribution is -2.46. The second-order valence-electron chi connectivity index (χ2n) is 14.8. The van der Waals surface area contributed by atoms with Gasteiger partial charge < -0.3 is 44.7 Å². The number of pyridine rings is 1. The van der Waals surface area contributed by atoms with Crippen LogP contribution in [0.1, 0.15) is 69.9 Å². The van der Waals surface area contributed by atoms with Crippen LogP contribution >= 0.6 is 0 Å². The molecule has 1 unspecified atom stereocenters. The molecule has 5 bridgehead atoms. The molecule has 4 aromatic rings. The molecule has 298 valence electrons. The maximum atomic E-state index is 14.6. The standard InChI is InChI=1S/C42H49N3O11/c1-19-13-12-14-20(2)41(52)44-32-33-31(43-27-15-10-11-17-45(27)33)28-29(37(32)50)36(49)24(6)39-30(28)40(51)42(8,56-39)54-18-16-26(53-9)21(3)38(55-25(7)46)23(5)35(48)22(4)34(19)47/h10-19,21-23,26,34-35,38,47-50H,1-9H3,(H,44,52)/b13-12+,18-16+,20-14-/t19-,21+,22+,23+,26-,34-,35+,38+,42?/m0/s1/i10D,11D,15D,17D. The molecule has 2 aromatic heterocycles. The Morgan fingerprint density at radius 1 is 1.02 bits per heavy atom. The summed E-state index contributed by atoms with van der Waals surface area (Å²) in [5.74, 6) is -8.31. The van der Waals surface area contributed by atoms with E-state index in [-0.39, 0.29) is 55.6 Å². The number of carbonyl (C=O) groups is 3. The monoisotopic (exact) mass is 775 g/mol. The van der Waals surface area contributed by atoms with E-state index in [0.717, 1.165) is 4.40 Å². The number of aliphatic hydroxyl groups is 2. The number of aromatic hydroxyl groups is 2. The number of aliphatic hydroxyl groups excluding tert-OH is 2. The molecule has 56 heavy (non-hydrogen) atoms. The second kappa shape index (κ2) is 15.2. The Labute approximate surface area is 329 Å². The van der Waals surface area contributed by atoms with Crippen molar-refractivity contribution in [3.63, 3.8) is 0 Å². The number of aromatic nitrogens is 2. The van der Waals surface area contributed by atoms with Crippen molar-refractivity contribution in [2.24, 2.45) is 23.7 Å². The number of allylic oxidation sites excluding steroid dienone is 2. The van der Waals surface area contributed by atoms with Crippen LogP contribution in [0, 0.1) is 30.6 Å². The fourth-order valence-electron chi connectivity index (χ4n) is 7.66. The van der Waals surface area contributed by atoms with E-state index in [1.54, 1.807) is 33.8 Å². The van der Waals surface area contributed by atoms with Crippen LogP contribution in [0.2, 0.25) is 0 Å². The summed E-state index contributed by atoms with van der Waals surface area (Å²) in [7, 11) is 1.41. The van der Waals surface area contributed by atoms with Gasteiger partial charge in [0.2, 0.25) is 0 Å². The van der Waals surface area contributed by atoms with Crippen LogP contribution in [0.4, 0.5) is 5.69 Å². The van der Waals surface area contributed by atoms with Crippen LogP contribution in [-0.4, -0.2) is 84.8 Å². The van der Waals surface area contributed by atoms with Crippen LogP contribution < -0.4 is 10.1 Å². The number of benzene rings is 2. The normalized spacial score (nSPS) is 32.2. The Bertz CT molecular complexity index is 2550. The lowest BCUT2D eigenvalue weighted by Gasteiger charge is -2.38. The maximum absolute atomic E-state index is 14.6. The van der Waals surface area contributed by atoms with E-state index in [4.69, 9.17) is 24.4 Å². The molecule has 0 saturated heterocycles. The minimum Gasteiger partial charge on any atom is -0.507 e. The predicted octanol–water partition coefficient (Wildman–Crippen LogP) is 5.85. The molecule has 7 rings (SSSR count). The van der Waals surface area contributed by atoms with Gasteiger partial charge >= 0.3 is 11.8 Å². The summed E-state index contributed by atoms with van der Waals surface area (Å²) < 4.78 is 58.9. The van der Waals surface area contributed by atoms with Crippen molar-refractivity contribution in [3.05, 3.63) is 71.6 Å². The number of phenolic OH excluding ortho intramolecular Hbond substituents is 2. The second-order valence-corrected chi connectivity index (χ2v) is 14.8. The molecule has 0 aliphatic carbocycles. The largest absolute Gasteiger partial charge is 0.507 e. The minimum atomic E-state index is -2.10. The van der Waals surface area contributed by atoms with Crippen molar-refractivity contribution in [3.8, 4) is 17.2 Å². The highest BCUT2D eigenvalue weighted by molar-refractivity contribution is 6.28. The van der Waals surface area contributed by atoms with Gasteiger partial charge in [-0.05, 0) is 32.0 Å². The number of amides is 1. The smallest absolute Gasteiger partial charge is 0.312 e. The maximum Gasteiger partial charge on any atom is 0.312 e. The fraction of sp³-hybridized carbons (Fsp3) is 0.429. The average molecular weight is 776 g/mol. The van der Waals surface area contributed by atoms with Gasteiger partial charge in [0.1, 0.15) is 40.0 Å². The van der Waals surface area contributed by atoms with E-state index >= 15 is 0 Å². The highest BCUT2D eigenvalue weighted by Crippen LogP contribution is 2.54. The van der Waals surface area contributed by atoms with Gasteiger partial charge in [-0.3, -0.25) is 18.8 Å². The van der Waals surface area contributed by atoms with Crippen molar-refractivity contribution in [2.45, 2.75) is 85.6 Å². The van der Waals surface area contributed by atoms with Gasteiger partial charge in [0.25, 0.3) is 11.7 Å². The molecule has 1 amide bonds. The van der Waals surface area contributed by atoms with Gasteiger partial charge in [0, 0.05) is 67.3 Å². The number of hydrogen-bond donors (Lipinski definition) is 5. The molecular weight excluding hydrogens is 722 g/mol. The quantitative estimate of drug-likeness (QED) is 0.121. The van der Waals surface area contributed by atoms with Crippen molar-refractivity contribution in [1.29, 1.82) is 0 Å². The van der Waals surface area contributed by atoms with Gasteiger partial charge in [0.05, 0.1) is 41.0 Å². The van der Waals surface area contributed by atoms with Crippen molar-refractivity contribution >= 4 is 50.8 Å². The number of phenols is 2. The number of nitrogens with zero attached hydrogens (tertiary/aromatic N) is 2. The number of hydrogen-bond acceptors (Lipinski definition) is 12. The van der Waals surface area contributed by atoms with E-state index in [2.05, 4.69) is 10.3 Å². The summed E-state index contributed by atoms with van der Waals surface area (Å²) in [5, 5.41) is 48.8. The highest BCUT2D eigenvalue weighted by atomic mass is 16.7. The molecule has 0 radical (unpaired) electrons. The third kappa shape index (κ3) is 6.75. The zero-order valence-electron chi connectivity index (χ0n) is 36.5. The number of fused-ring (bicyclic) bond motifs is 14. The Morgan fingerprint density at radius 3 is 2.41 bits per heavy atom. The number of methoxy groups -OCH3 is 1. The highest BCUT2D eigenvalue weighted by Gasteiger charge is 2.49. The van der Waals surface area contributed by atoms with Gasteiger partial charge in [-0.1, -0.05) is 52.0 Å². The molecule has 5 heterocycles. The number of rotatable bonds is 2. The summed E-state index contributed by atoms with van der Waals surface area (Å²) in [6, 6.07) is -1.81. The van der Waals surface area contributed by atoms with E-state index in [1.807, 2.05) is 0 Å². The molecule has 9 atom stereocenters. The molecule has 5 N–H and O–H groups in total. The van der Waals surface area contributed by atoms with E-state index < -0.39 is 107 Å². The zero-order chi connectivity index (χ0) is 44.4. The Morgan fingerprint density at radius 2 is 1.73 bits per heavy atom. The molecule has 3 aliphatic rings. The van der Waals surface area contributed by atoms with Gasteiger partial charge in [0.15, 0.2) is 5.75 Å². The number of anilines is 1. The van der Waals surface area contributed by atoms with E-state index in [1.165, 1.54) is 59.3 Å². The fourth-order valence-corrected chi connectivity index (χ4v) is 7.66. The number of Topliss-reactive ketones (excluding diaryl/α,β-unsaturated/α-hetero) is 1. The molecule has 0 spiro atoms. The summed E-state index contributed by atoms with van der Waals surface area (Å²) in [6.07, 6.45) is 2.61. The van der Waals surface area contributed by atoms with E-state index in [0.29, 0.717) is 0 Å². The number of ketones is 1. The first-order chi connectivity index (χ1) is 28.1. The lowest BCUT2D eigenvalue weighted by molar-refractivity contribution is -0.160. The molecule has 14 nitrogen and oxygen atoms in total. The number of nitrogens with one attached hydrogen (secondary N) is 1.